The summed E-state index contributed by atoms with van der Waals surface area (Å²) in [6, 6.07) is -0.163. The van der Waals surface area contributed by atoms with Crippen LogP contribution in [-0.2, 0) is 9.53 Å². The molecule has 0 aromatic heterocycles. The molecule has 90 valence electrons. The predicted molar refractivity (Wildman–Crippen MR) is 66.3 cm³/mol. The molecule has 0 amide bonds. The topological polar surface area (TPSA) is 38.3 Å². The lowest BCUT2D eigenvalue weighted by Gasteiger charge is -2.19. The van der Waals surface area contributed by atoms with Gasteiger partial charge in [-0.25, -0.2) is 0 Å². The summed E-state index contributed by atoms with van der Waals surface area (Å²) in [5.74, 6) is 1.31. The van der Waals surface area contributed by atoms with E-state index >= 15 is 0 Å². The summed E-state index contributed by atoms with van der Waals surface area (Å²) in [4.78, 5) is 11.4. The zero-order valence-corrected chi connectivity index (χ0v) is 11.0. The van der Waals surface area contributed by atoms with E-state index in [1.807, 2.05) is 25.6 Å². The van der Waals surface area contributed by atoms with Gasteiger partial charge in [-0.15, -0.1) is 0 Å². The van der Waals surface area contributed by atoms with E-state index in [0.29, 0.717) is 0 Å². The standard InChI is InChI=1S/C11H23NO2S/c1-9(2)10(11(13)14-3)12-7-5-6-8-15-4/h9-10,12H,5-8H2,1-4H3/t10-/m0/s1. The molecule has 0 aromatic carbocycles. The third kappa shape index (κ3) is 6.79. The van der Waals surface area contributed by atoms with Crippen LogP contribution < -0.4 is 5.32 Å². The number of carbonyl (C=O) groups excluding carboxylic acids is 1. The van der Waals surface area contributed by atoms with Gasteiger partial charge in [0.2, 0.25) is 0 Å². The van der Waals surface area contributed by atoms with E-state index in [2.05, 4.69) is 11.6 Å². The molecule has 0 bridgehead atoms. The number of hydrogen-bond donors (Lipinski definition) is 1. The van der Waals surface area contributed by atoms with Crippen molar-refractivity contribution in [2.45, 2.75) is 32.7 Å². The minimum atomic E-state index is -0.163. The summed E-state index contributed by atoms with van der Waals surface area (Å²) < 4.78 is 4.75. The minimum Gasteiger partial charge on any atom is -0.468 e. The van der Waals surface area contributed by atoms with Crippen LogP contribution in [0.5, 0.6) is 0 Å². The van der Waals surface area contributed by atoms with E-state index < -0.39 is 0 Å². The number of thioether (sulfide) groups is 1. The zero-order chi connectivity index (χ0) is 11.7. The SMILES string of the molecule is COC(=O)[C@@H](NCCCCSC)C(C)C. The molecule has 0 aromatic rings. The van der Waals surface area contributed by atoms with Crippen LogP contribution in [0.2, 0.25) is 0 Å². The second-order valence-corrected chi connectivity index (χ2v) is 4.88. The molecule has 15 heavy (non-hydrogen) atoms. The molecule has 0 spiro atoms. The van der Waals surface area contributed by atoms with Gasteiger partial charge in [0.05, 0.1) is 7.11 Å². The average molecular weight is 233 g/mol. The van der Waals surface area contributed by atoms with Crippen LogP contribution >= 0.6 is 11.8 Å². The summed E-state index contributed by atoms with van der Waals surface area (Å²) in [5, 5.41) is 3.24. The van der Waals surface area contributed by atoms with Gasteiger partial charge in [0.15, 0.2) is 0 Å². The van der Waals surface area contributed by atoms with Crippen LogP contribution in [0.4, 0.5) is 0 Å². The van der Waals surface area contributed by atoms with Crippen LogP contribution in [0.3, 0.4) is 0 Å². The van der Waals surface area contributed by atoms with Crippen LogP contribution in [0.15, 0.2) is 0 Å². The van der Waals surface area contributed by atoms with Crippen molar-refractivity contribution in [1.29, 1.82) is 0 Å². The Morgan fingerprint density at radius 3 is 2.53 bits per heavy atom. The first-order valence-electron chi connectivity index (χ1n) is 5.43. The summed E-state index contributed by atoms with van der Waals surface area (Å²) in [7, 11) is 1.44. The van der Waals surface area contributed by atoms with Crippen molar-refractivity contribution >= 4 is 17.7 Å². The molecule has 3 nitrogen and oxygen atoms in total. The van der Waals surface area contributed by atoms with Crippen molar-refractivity contribution in [2.75, 3.05) is 25.7 Å². The number of esters is 1. The van der Waals surface area contributed by atoms with Crippen molar-refractivity contribution in [3.8, 4) is 0 Å². The van der Waals surface area contributed by atoms with Gasteiger partial charge in [-0.3, -0.25) is 4.79 Å². The first-order chi connectivity index (χ1) is 7.13. The predicted octanol–water partition coefficient (Wildman–Crippen LogP) is 1.92. The van der Waals surface area contributed by atoms with Crippen molar-refractivity contribution < 1.29 is 9.53 Å². The molecule has 0 fully saturated rings. The maximum absolute atomic E-state index is 11.4. The van der Waals surface area contributed by atoms with Crippen LogP contribution in [-0.4, -0.2) is 37.7 Å². The van der Waals surface area contributed by atoms with Gasteiger partial charge >= 0.3 is 5.97 Å². The molecule has 0 aliphatic carbocycles. The lowest BCUT2D eigenvalue weighted by Crippen LogP contribution is -2.42. The smallest absolute Gasteiger partial charge is 0.323 e. The minimum absolute atomic E-state index is 0.158. The van der Waals surface area contributed by atoms with Gasteiger partial charge in [-0.2, -0.15) is 11.8 Å². The lowest BCUT2D eigenvalue weighted by atomic mass is 10.0. The molecular weight excluding hydrogens is 210 g/mol. The Morgan fingerprint density at radius 2 is 2.07 bits per heavy atom. The van der Waals surface area contributed by atoms with E-state index in [-0.39, 0.29) is 17.9 Å². The monoisotopic (exact) mass is 233 g/mol. The second kappa shape index (κ2) is 9.04. The van der Waals surface area contributed by atoms with Crippen molar-refractivity contribution in [2.24, 2.45) is 5.92 Å². The Bertz CT molecular complexity index is 174. The number of nitrogens with one attached hydrogen (secondary N) is 1. The Kier molecular flexibility index (Phi) is 8.91. The Hall–Kier alpha value is -0.220. The Morgan fingerprint density at radius 1 is 1.40 bits per heavy atom. The second-order valence-electron chi connectivity index (χ2n) is 3.90. The Balaban J connectivity index is 3.72. The van der Waals surface area contributed by atoms with Gasteiger partial charge in [-0.1, -0.05) is 13.8 Å². The van der Waals surface area contributed by atoms with E-state index in [1.165, 1.54) is 19.3 Å². The van der Waals surface area contributed by atoms with Crippen LogP contribution in [0, 0.1) is 5.92 Å². The average Bonchev–Trinajstić information content (AvgIpc) is 2.22. The molecule has 0 aliphatic rings. The molecule has 4 heteroatoms. The molecule has 0 aliphatic heterocycles. The van der Waals surface area contributed by atoms with Gasteiger partial charge in [0.25, 0.3) is 0 Å². The summed E-state index contributed by atoms with van der Waals surface area (Å²) in [5.41, 5.74) is 0. The van der Waals surface area contributed by atoms with Gasteiger partial charge < -0.3 is 10.1 Å². The molecule has 0 unspecified atom stereocenters. The fraction of sp³-hybridized carbons (Fsp3) is 0.909. The van der Waals surface area contributed by atoms with Crippen LogP contribution in [0.25, 0.3) is 0 Å². The van der Waals surface area contributed by atoms with Crippen molar-refractivity contribution in [3.05, 3.63) is 0 Å². The first kappa shape index (κ1) is 14.8. The fourth-order valence-electron chi connectivity index (χ4n) is 1.35. The van der Waals surface area contributed by atoms with Gasteiger partial charge in [0.1, 0.15) is 6.04 Å². The summed E-state index contributed by atoms with van der Waals surface area (Å²) in [6.07, 6.45) is 4.42. The first-order valence-corrected chi connectivity index (χ1v) is 6.83. The summed E-state index contributed by atoms with van der Waals surface area (Å²) in [6.45, 7) is 4.94. The van der Waals surface area contributed by atoms with Crippen LogP contribution in [0.1, 0.15) is 26.7 Å². The Labute approximate surface area is 97.3 Å². The van der Waals surface area contributed by atoms with E-state index in [9.17, 15) is 4.79 Å². The maximum atomic E-state index is 11.4. The summed E-state index contributed by atoms with van der Waals surface area (Å²) >= 11 is 1.86. The normalized spacial score (nSPS) is 12.9. The number of carbonyl (C=O) groups is 1. The molecule has 1 N–H and O–H groups in total. The van der Waals surface area contributed by atoms with Crippen molar-refractivity contribution in [3.63, 3.8) is 0 Å². The number of ether oxygens (including phenoxy) is 1. The molecule has 0 radical (unpaired) electrons. The number of hydrogen-bond acceptors (Lipinski definition) is 4. The highest BCUT2D eigenvalue weighted by Crippen LogP contribution is 2.04. The van der Waals surface area contributed by atoms with E-state index in [1.54, 1.807) is 0 Å². The zero-order valence-electron chi connectivity index (χ0n) is 10.2. The van der Waals surface area contributed by atoms with E-state index in [0.717, 1.165) is 13.0 Å². The molecule has 0 heterocycles. The largest absolute Gasteiger partial charge is 0.468 e. The molecule has 1 atom stereocenters. The highest BCUT2D eigenvalue weighted by molar-refractivity contribution is 7.98. The van der Waals surface area contributed by atoms with Gasteiger partial charge in [0, 0.05) is 0 Å². The van der Waals surface area contributed by atoms with E-state index in [4.69, 9.17) is 4.74 Å². The van der Waals surface area contributed by atoms with Crippen molar-refractivity contribution in [1.82, 2.24) is 5.32 Å². The molecular formula is C11H23NO2S. The fourth-order valence-corrected chi connectivity index (χ4v) is 1.84. The third-order valence-electron chi connectivity index (χ3n) is 2.26. The third-order valence-corrected chi connectivity index (χ3v) is 2.96. The molecule has 0 rings (SSSR count). The number of methoxy groups -OCH3 is 1. The molecule has 0 saturated carbocycles. The van der Waals surface area contributed by atoms with Gasteiger partial charge in [-0.05, 0) is 37.3 Å². The number of rotatable bonds is 8. The maximum Gasteiger partial charge on any atom is 0.323 e. The number of unbranched alkanes of at least 4 members (excludes halogenated alkanes) is 1. The highest BCUT2D eigenvalue weighted by Gasteiger charge is 2.21. The quantitative estimate of drug-likeness (QED) is 0.513. The highest BCUT2D eigenvalue weighted by atomic mass is 32.2. The molecule has 0 saturated heterocycles. The lowest BCUT2D eigenvalue weighted by molar-refractivity contribution is -0.144.